The summed E-state index contributed by atoms with van der Waals surface area (Å²) in [4.78, 5) is 0. The van der Waals surface area contributed by atoms with Gasteiger partial charge in [0.25, 0.3) is 10.0 Å². The van der Waals surface area contributed by atoms with Crippen LogP contribution < -0.4 is 4.72 Å². The smallest absolute Gasteiger partial charge is 0.251 e. The maximum Gasteiger partial charge on any atom is 0.251 e. The minimum atomic E-state index is -3.50. The van der Waals surface area contributed by atoms with Crippen LogP contribution in [0.3, 0.4) is 0 Å². The molecule has 20 heavy (non-hydrogen) atoms. The van der Waals surface area contributed by atoms with Crippen LogP contribution in [0.15, 0.2) is 26.3 Å². The molecule has 3 rings (SSSR count). The molecule has 0 aromatic carbocycles. The highest BCUT2D eigenvalue weighted by Crippen LogP contribution is 2.33. The molecule has 2 aromatic rings. The van der Waals surface area contributed by atoms with Gasteiger partial charge >= 0.3 is 0 Å². The van der Waals surface area contributed by atoms with Crippen LogP contribution in [0.2, 0.25) is 0 Å². The van der Waals surface area contributed by atoms with E-state index in [-0.39, 0.29) is 6.04 Å². The quantitative estimate of drug-likeness (QED) is 0.896. The van der Waals surface area contributed by atoms with Crippen molar-refractivity contribution in [2.24, 2.45) is 7.05 Å². The molecular formula is C12H14BrN3O2S2. The number of hydrogen-bond acceptors (Lipinski definition) is 4. The molecule has 1 aliphatic carbocycles. The summed E-state index contributed by atoms with van der Waals surface area (Å²) in [5.41, 5.74) is 2.11. The number of thiophene rings is 1. The van der Waals surface area contributed by atoms with Crippen molar-refractivity contribution in [3.63, 3.8) is 0 Å². The second kappa shape index (κ2) is 5.25. The van der Waals surface area contributed by atoms with Gasteiger partial charge in [-0.25, -0.2) is 13.1 Å². The summed E-state index contributed by atoms with van der Waals surface area (Å²) in [6.07, 6.45) is 4.49. The Labute approximate surface area is 130 Å². The van der Waals surface area contributed by atoms with Crippen molar-refractivity contribution in [1.29, 1.82) is 0 Å². The van der Waals surface area contributed by atoms with Gasteiger partial charge in [-0.2, -0.15) is 5.10 Å². The van der Waals surface area contributed by atoms with E-state index in [4.69, 9.17) is 0 Å². The van der Waals surface area contributed by atoms with Crippen molar-refractivity contribution in [2.45, 2.75) is 29.5 Å². The molecule has 0 spiro atoms. The standard InChI is InChI=1S/C12H14BrN3O2S2/c1-16-11-4-2-3-10(8(11)7-14-16)15-20(17,18)12-9(13)5-6-19-12/h5-7,10,15H,2-4H2,1H3. The van der Waals surface area contributed by atoms with Gasteiger partial charge in [-0.1, -0.05) is 0 Å². The van der Waals surface area contributed by atoms with Crippen LogP contribution in [-0.4, -0.2) is 18.2 Å². The van der Waals surface area contributed by atoms with Gasteiger partial charge in [0, 0.05) is 22.8 Å². The number of aromatic nitrogens is 2. The van der Waals surface area contributed by atoms with Gasteiger partial charge in [-0.3, -0.25) is 4.68 Å². The summed E-state index contributed by atoms with van der Waals surface area (Å²) < 4.78 is 30.5. The molecular weight excluding hydrogens is 362 g/mol. The first-order valence-corrected chi connectivity index (χ1v) is 9.41. The van der Waals surface area contributed by atoms with Gasteiger partial charge in [-0.15, -0.1) is 11.3 Å². The van der Waals surface area contributed by atoms with E-state index >= 15 is 0 Å². The Bertz CT molecular complexity index is 736. The number of nitrogens with one attached hydrogen (secondary N) is 1. The van der Waals surface area contributed by atoms with Crippen LogP contribution in [0.4, 0.5) is 0 Å². The number of aryl methyl sites for hydroxylation is 1. The monoisotopic (exact) mass is 375 g/mol. The molecule has 0 radical (unpaired) electrons. The maximum atomic E-state index is 12.4. The summed E-state index contributed by atoms with van der Waals surface area (Å²) in [5.74, 6) is 0. The molecule has 0 amide bonds. The van der Waals surface area contributed by atoms with Crippen molar-refractivity contribution >= 4 is 37.3 Å². The Morgan fingerprint density at radius 2 is 2.35 bits per heavy atom. The first kappa shape index (κ1) is 14.2. The van der Waals surface area contributed by atoms with E-state index in [2.05, 4.69) is 25.8 Å². The average molecular weight is 376 g/mol. The number of hydrogen-bond donors (Lipinski definition) is 1. The van der Waals surface area contributed by atoms with Crippen LogP contribution in [0.5, 0.6) is 0 Å². The summed E-state index contributed by atoms with van der Waals surface area (Å²) in [6.45, 7) is 0. The zero-order valence-electron chi connectivity index (χ0n) is 10.8. The first-order valence-electron chi connectivity index (χ1n) is 6.25. The highest BCUT2D eigenvalue weighted by atomic mass is 79.9. The Morgan fingerprint density at radius 3 is 3.05 bits per heavy atom. The lowest BCUT2D eigenvalue weighted by atomic mass is 9.94. The van der Waals surface area contributed by atoms with Crippen LogP contribution in [-0.2, 0) is 23.5 Å². The third-order valence-corrected chi connectivity index (χ3v) is 7.64. The molecule has 108 valence electrons. The predicted molar refractivity (Wildman–Crippen MR) is 81.2 cm³/mol. The van der Waals surface area contributed by atoms with Crippen LogP contribution in [0, 0.1) is 0 Å². The molecule has 5 nitrogen and oxygen atoms in total. The Balaban J connectivity index is 1.91. The second-order valence-electron chi connectivity index (χ2n) is 4.79. The van der Waals surface area contributed by atoms with E-state index in [1.165, 1.54) is 11.3 Å². The van der Waals surface area contributed by atoms with Gasteiger partial charge in [-0.05, 0) is 46.6 Å². The number of sulfonamides is 1. The minimum absolute atomic E-state index is 0.188. The Kier molecular flexibility index (Phi) is 3.74. The molecule has 1 aliphatic rings. The van der Waals surface area contributed by atoms with Crippen molar-refractivity contribution in [1.82, 2.24) is 14.5 Å². The van der Waals surface area contributed by atoms with Gasteiger partial charge in [0.1, 0.15) is 4.21 Å². The predicted octanol–water partition coefficient (Wildman–Crippen LogP) is 2.60. The lowest BCUT2D eigenvalue weighted by Gasteiger charge is -2.23. The second-order valence-corrected chi connectivity index (χ2v) is 8.47. The molecule has 0 saturated carbocycles. The lowest BCUT2D eigenvalue weighted by Crippen LogP contribution is -2.30. The highest BCUT2D eigenvalue weighted by Gasteiger charge is 2.29. The molecule has 0 fully saturated rings. The first-order chi connectivity index (χ1) is 9.49. The minimum Gasteiger partial charge on any atom is -0.272 e. The number of rotatable bonds is 3. The highest BCUT2D eigenvalue weighted by molar-refractivity contribution is 9.10. The van der Waals surface area contributed by atoms with Gasteiger partial charge < -0.3 is 0 Å². The van der Waals surface area contributed by atoms with Crippen molar-refractivity contribution in [3.05, 3.63) is 33.4 Å². The van der Waals surface area contributed by atoms with Crippen LogP contribution in [0.1, 0.15) is 30.1 Å². The summed E-state index contributed by atoms with van der Waals surface area (Å²) in [7, 11) is -1.60. The van der Waals surface area contributed by atoms with E-state index in [0.29, 0.717) is 8.68 Å². The van der Waals surface area contributed by atoms with E-state index in [1.54, 1.807) is 17.6 Å². The van der Waals surface area contributed by atoms with Gasteiger partial charge in [0.15, 0.2) is 0 Å². The molecule has 2 heterocycles. The third kappa shape index (κ3) is 2.45. The topological polar surface area (TPSA) is 64.0 Å². The molecule has 8 heteroatoms. The van der Waals surface area contributed by atoms with E-state index in [0.717, 1.165) is 30.5 Å². The largest absolute Gasteiger partial charge is 0.272 e. The number of nitrogens with zero attached hydrogens (tertiary/aromatic N) is 2. The molecule has 0 saturated heterocycles. The average Bonchev–Trinajstić information content (AvgIpc) is 2.97. The van der Waals surface area contributed by atoms with Gasteiger partial charge in [0.2, 0.25) is 0 Å². The van der Waals surface area contributed by atoms with Crippen molar-refractivity contribution in [3.8, 4) is 0 Å². The van der Waals surface area contributed by atoms with Crippen molar-refractivity contribution < 1.29 is 8.42 Å². The molecule has 2 aromatic heterocycles. The summed E-state index contributed by atoms with van der Waals surface area (Å²) >= 11 is 4.49. The maximum absolute atomic E-state index is 12.4. The van der Waals surface area contributed by atoms with E-state index < -0.39 is 10.0 Å². The summed E-state index contributed by atoms with van der Waals surface area (Å²) in [6, 6.07) is 1.56. The fourth-order valence-electron chi connectivity index (χ4n) is 2.54. The van der Waals surface area contributed by atoms with Crippen LogP contribution in [0.25, 0.3) is 0 Å². The zero-order valence-corrected chi connectivity index (χ0v) is 14.1. The fourth-order valence-corrected chi connectivity index (χ4v) is 6.15. The lowest BCUT2D eigenvalue weighted by molar-refractivity contribution is 0.498. The van der Waals surface area contributed by atoms with E-state index in [1.807, 2.05) is 11.7 Å². The fraction of sp³-hybridized carbons (Fsp3) is 0.417. The molecule has 0 aliphatic heterocycles. The number of halogens is 1. The Morgan fingerprint density at radius 1 is 1.55 bits per heavy atom. The third-order valence-electron chi connectivity index (χ3n) is 3.50. The molecule has 0 bridgehead atoms. The SMILES string of the molecule is Cn1ncc2c1CCCC2NS(=O)(=O)c1sccc1Br. The molecule has 1 unspecified atom stereocenters. The van der Waals surface area contributed by atoms with Gasteiger partial charge in [0.05, 0.1) is 12.2 Å². The number of fused-ring (bicyclic) bond motifs is 1. The Hall–Kier alpha value is -0.700. The van der Waals surface area contributed by atoms with Crippen molar-refractivity contribution in [2.75, 3.05) is 0 Å². The molecule has 1 atom stereocenters. The van der Waals surface area contributed by atoms with E-state index in [9.17, 15) is 8.42 Å². The normalized spacial score (nSPS) is 19.0. The summed E-state index contributed by atoms with van der Waals surface area (Å²) in [5, 5.41) is 5.99. The zero-order chi connectivity index (χ0) is 14.3. The molecule has 1 N–H and O–H groups in total. The van der Waals surface area contributed by atoms with Crippen LogP contribution >= 0.6 is 27.3 Å².